The van der Waals surface area contributed by atoms with Crippen molar-refractivity contribution in [3.8, 4) is 0 Å². The van der Waals surface area contributed by atoms with Gasteiger partial charge in [0.2, 0.25) is 10.0 Å². The van der Waals surface area contributed by atoms with E-state index >= 15 is 0 Å². The van der Waals surface area contributed by atoms with Crippen LogP contribution < -0.4 is 0 Å². The summed E-state index contributed by atoms with van der Waals surface area (Å²) in [4.78, 5) is 2.79. The Labute approximate surface area is 231 Å². The molecular weight excluding hydrogens is 535 g/mol. The summed E-state index contributed by atoms with van der Waals surface area (Å²) in [5.74, 6) is 0.582. The Morgan fingerprint density at radius 3 is 2.06 bits per heavy atom. The van der Waals surface area contributed by atoms with Crippen LogP contribution in [-0.2, 0) is 10.0 Å². The largest absolute Gasteiger partial charge is 0.303 e. The Morgan fingerprint density at radius 2 is 1.47 bits per heavy atom. The topological polar surface area (TPSA) is 40.6 Å². The van der Waals surface area contributed by atoms with Crippen LogP contribution in [0.15, 0.2) is 83.8 Å². The van der Waals surface area contributed by atoms with Gasteiger partial charge in [0.15, 0.2) is 0 Å². The molecule has 0 radical (unpaired) electrons. The molecule has 1 atom stereocenters. The maximum Gasteiger partial charge on any atom is 0.242 e. The molecule has 0 saturated carbocycles. The first kappa shape index (κ1) is 29.0. The van der Waals surface area contributed by atoms with Crippen LogP contribution in [0.25, 0.3) is 0 Å². The summed E-state index contributed by atoms with van der Waals surface area (Å²) in [5, 5.41) is 1.13. The summed E-state index contributed by atoms with van der Waals surface area (Å²) in [6, 6.07) is 24.8. The standard InChI is InChI=1S/C28H32Cl2N2O2S.ClH/c1-31(35(33,34)28-10-6-3-7-11-28)21-24(25-18-26(29)20-27(30)19-25)14-17-32-15-12-23(13-16-32)22-8-4-2-5-9-22;/h2-11,18-20,23-24H,12-17,21H2,1H3;1H/t24-;/m0./s1. The van der Waals surface area contributed by atoms with Crippen molar-refractivity contribution in [2.24, 2.45) is 0 Å². The third-order valence-corrected chi connectivity index (χ3v) is 9.21. The van der Waals surface area contributed by atoms with E-state index in [0.29, 0.717) is 27.4 Å². The van der Waals surface area contributed by atoms with Gasteiger partial charge in [0, 0.05) is 23.6 Å². The summed E-state index contributed by atoms with van der Waals surface area (Å²) in [5.41, 5.74) is 2.39. The van der Waals surface area contributed by atoms with Gasteiger partial charge in [-0.1, -0.05) is 71.7 Å². The average molecular weight is 568 g/mol. The van der Waals surface area contributed by atoms with E-state index in [4.69, 9.17) is 23.2 Å². The monoisotopic (exact) mass is 566 g/mol. The summed E-state index contributed by atoms with van der Waals surface area (Å²) in [6.45, 7) is 3.34. The smallest absolute Gasteiger partial charge is 0.242 e. The molecule has 4 rings (SSSR count). The molecule has 0 bridgehead atoms. The number of likely N-dealkylation sites (tertiary alicyclic amines) is 1. The molecule has 3 aromatic rings. The molecule has 8 heteroatoms. The van der Waals surface area contributed by atoms with E-state index in [1.54, 1.807) is 37.4 Å². The first-order valence-corrected chi connectivity index (χ1v) is 14.3. The number of halogens is 3. The molecule has 3 aromatic carbocycles. The van der Waals surface area contributed by atoms with E-state index in [1.807, 2.05) is 18.2 Å². The zero-order valence-corrected chi connectivity index (χ0v) is 23.5. The van der Waals surface area contributed by atoms with Crippen LogP contribution >= 0.6 is 35.6 Å². The Hall–Kier alpha value is -1.60. The third kappa shape index (κ3) is 7.47. The van der Waals surface area contributed by atoms with Gasteiger partial charge in [0.1, 0.15) is 0 Å². The van der Waals surface area contributed by atoms with Crippen LogP contribution in [0.5, 0.6) is 0 Å². The minimum Gasteiger partial charge on any atom is -0.303 e. The van der Waals surface area contributed by atoms with Gasteiger partial charge in [-0.25, -0.2) is 12.7 Å². The summed E-state index contributed by atoms with van der Waals surface area (Å²) in [7, 11) is -1.94. The van der Waals surface area contributed by atoms with Crippen LogP contribution in [0.2, 0.25) is 10.0 Å². The molecule has 0 N–H and O–H groups in total. The molecule has 0 spiro atoms. The molecule has 0 amide bonds. The Morgan fingerprint density at radius 1 is 0.917 bits per heavy atom. The number of rotatable bonds is 9. The number of piperidine rings is 1. The molecule has 4 nitrogen and oxygen atoms in total. The van der Waals surface area contributed by atoms with Gasteiger partial charge < -0.3 is 4.90 Å². The van der Waals surface area contributed by atoms with Crippen molar-refractivity contribution in [1.82, 2.24) is 9.21 Å². The Bertz CT molecular complexity index is 1180. The zero-order valence-electron chi connectivity index (χ0n) is 20.4. The second-order valence-corrected chi connectivity index (χ2v) is 12.2. The molecule has 1 aliphatic rings. The van der Waals surface area contributed by atoms with Crippen molar-refractivity contribution in [3.63, 3.8) is 0 Å². The molecular formula is C28H33Cl3N2O2S. The maximum absolute atomic E-state index is 13.2. The highest BCUT2D eigenvalue weighted by Gasteiger charge is 2.26. The Kier molecular flexibility index (Phi) is 10.7. The predicted molar refractivity (Wildman–Crippen MR) is 152 cm³/mol. The van der Waals surface area contributed by atoms with Crippen molar-refractivity contribution < 1.29 is 8.42 Å². The molecule has 0 unspecified atom stereocenters. The van der Waals surface area contributed by atoms with E-state index in [-0.39, 0.29) is 18.3 Å². The second kappa shape index (κ2) is 13.3. The second-order valence-electron chi connectivity index (χ2n) is 9.31. The molecule has 1 aliphatic heterocycles. The average Bonchev–Trinajstić information content (AvgIpc) is 2.87. The van der Waals surface area contributed by atoms with Crippen LogP contribution in [0.1, 0.15) is 42.2 Å². The van der Waals surface area contributed by atoms with Crippen LogP contribution in [0.4, 0.5) is 0 Å². The van der Waals surface area contributed by atoms with E-state index in [1.165, 1.54) is 9.87 Å². The van der Waals surface area contributed by atoms with Crippen molar-refractivity contribution in [2.45, 2.75) is 36.0 Å². The van der Waals surface area contributed by atoms with E-state index in [0.717, 1.165) is 44.5 Å². The normalized spacial score (nSPS) is 16.0. The number of benzene rings is 3. The minimum atomic E-state index is -3.59. The van der Waals surface area contributed by atoms with Crippen molar-refractivity contribution in [1.29, 1.82) is 0 Å². The maximum atomic E-state index is 13.2. The number of sulfonamides is 1. The molecule has 0 aliphatic carbocycles. The Balaban J connectivity index is 0.00000361. The highest BCUT2D eigenvalue weighted by molar-refractivity contribution is 7.89. The van der Waals surface area contributed by atoms with Gasteiger partial charge in [0.05, 0.1) is 4.90 Å². The number of nitrogens with zero attached hydrogens (tertiary/aromatic N) is 2. The molecule has 194 valence electrons. The number of hydrogen-bond acceptors (Lipinski definition) is 3. The molecule has 0 aromatic heterocycles. The van der Waals surface area contributed by atoms with Gasteiger partial charge in [-0.2, -0.15) is 0 Å². The predicted octanol–water partition coefficient (Wildman–Crippen LogP) is 7.09. The molecule has 1 fully saturated rings. The van der Waals surface area contributed by atoms with E-state index in [2.05, 4.69) is 35.2 Å². The highest BCUT2D eigenvalue weighted by Crippen LogP contribution is 2.31. The lowest BCUT2D eigenvalue weighted by atomic mass is 9.89. The van der Waals surface area contributed by atoms with Gasteiger partial charge >= 0.3 is 0 Å². The van der Waals surface area contributed by atoms with E-state index < -0.39 is 10.0 Å². The first-order valence-electron chi connectivity index (χ1n) is 12.1. The van der Waals surface area contributed by atoms with Gasteiger partial charge in [-0.15, -0.1) is 12.4 Å². The van der Waals surface area contributed by atoms with Crippen LogP contribution in [0, 0.1) is 0 Å². The van der Waals surface area contributed by atoms with Gasteiger partial charge in [-0.05, 0) is 92.2 Å². The zero-order chi connectivity index (χ0) is 24.8. The van der Waals surface area contributed by atoms with Crippen LogP contribution in [0.3, 0.4) is 0 Å². The summed E-state index contributed by atoms with van der Waals surface area (Å²) < 4.78 is 27.8. The fraction of sp³-hybridized carbons (Fsp3) is 0.357. The van der Waals surface area contributed by atoms with E-state index in [9.17, 15) is 8.42 Å². The minimum absolute atomic E-state index is 0. The lowest BCUT2D eigenvalue weighted by Crippen LogP contribution is -2.36. The quantitative estimate of drug-likeness (QED) is 0.277. The number of likely N-dealkylation sites (N-methyl/N-ethyl adjacent to an activating group) is 1. The van der Waals surface area contributed by atoms with Gasteiger partial charge in [0.25, 0.3) is 0 Å². The lowest BCUT2D eigenvalue weighted by molar-refractivity contribution is 0.203. The first-order chi connectivity index (χ1) is 16.8. The van der Waals surface area contributed by atoms with Crippen molar-refractivity contribution in [3.05, 3.63) is 100 Å². The highest BCUT2D eigenvalue weighted by atomic mass is 35.5. The molecule has 1 heterocycles. The van der Waals surface area contributed by atoms with Crippen LogP contribution in [-0.4, -0.2) is 50.8 Å². The molecule has 1 saturated heterocycles. The third-order valence-electron chi connectivity index (χ3n) is 6.94. The molecule has 36 heavy (non-hydrogen) atoms. The SMILES string of the molecule is CN(C[C@H](CCN1CCC(c2ccccc2)CC1)c1cc(Cl)cc(Cl)c1)S(=O)(=O)c1ccccc1.Cl. The van der Waals surface area contributed by atoms with Crippen molar-refractivity contribution >= 4 is 45.6 Å². The summed E-state index contributed by atoms with van der Waals surface area (Å²) in [6.07, 6.45) is 3.10. The van der Waals surface area contributed by atoms with Crippen molar-refractivity contribution in [2.75, 3.05) is 33.2 Å². The lowest BCUT2D eigenvalue weighted by Gasteiger charge is -2.33. The summed E-state index contributed by atoms with van der Waals surface area (Å²) >= 11 is 12.6. The van der Waals surface area contributed by atoms with Gasteiger partial charge in [-0.3, -0.25) is 0 Å². The fourth-order valence-corrected chi connectivity index (χ4v) is 6.69. The number of hydrogen-bond donors (Lipinski definition) is 0. The fourth-order valence-electron chi connectivity index (χ4n) is 4.91.